The molecule has 1 fully saturated rings. The average Bonchev–Trinajstić information content (AvgIpc) is 2.58. The van der Waals surface area contributed by atoms with Crippen LogP contribution in [0.25, 0.3) is 0 Å². The number of benzene rings is 1. The number of aliphatic imine (C=N–C) groups is 1. The van der Waals surface area contributed by atoms with Crippen molar-refractivity contribution >= 4 is 57.4 Å². The number of nitrogens with zero attached hydrogens (tertiary/aromatic N) is 2. The highest BCUT2D eigenvalue weighted by molar-refractivity contribution is 8.15. The van der Waals surface area contributed by atoms with Crippen LogP contribution >= 0.6 is 35.0 Å². The van der Waals surface area contributed by atoms with Crippen molar-refractivity contribution < 1.29 is 4.79 Å². The van der Waals surface area contributed by atoms with E-state index >= 15 is 0 Å². The molecule has 0 aromatic heterocycles. The first-order valence-corrected chi connectivity index (χ1v) is 6.45. The summed E-state index contributed by atoms with van der Waals surface area (Å²) in [6, 6.07) is 3.13. The number of nitrogens with two attached hydrogens (primary N) is 1. The summed E-state index contributed by atoms with van der Waals surface area (Å²) < 4.78 is 0. The summed E-state index contributed by atoms with van der Waals surface area (Å²) in [5, 5.41) is 1.41. The Kier molecular flexibility index (Phi) is 3.51. The Balaban J connectivity index is 2.39. The van der Waals surface area contributed by atoms with Gasteiger partial charge in [0, 0.05) is 7.05 Å². The number of halogens is 2. The van der Waals surface area contributed by atoms with Crippen LogP contribution in [0.5, 0.6) is 0 Å². The zero-order valence-corrected chi connectivity index (χ0v) is 11.2. The number of hydrogen-bond donors (Lipinski definition) is 1. The van der Waals surface area contributed by atoms with Crippen molar-refractivity contribution in [3.63, 3.8) is 0 Å². The lowest BCUT2D eigenvalue weighted by Gasteiger charge is -2.09. The molecule has 4 nitrogen and oxygen atoms in total. The first-order chi connectivity index (χ1) is 7.99. The van der Waals surface area contributed by atoms with E-state index in [0.717, 1.165) is 0 Å². The van der Waals surface area contributed by atoms with Gasteiger partial charge in [-0.05, 0) is 12.1 Å². The first-order valence-electron chi connectivity index (χ1n) is 4.71. The maximum Gasteiger partial charge on any atom is 0.238 e. The van der Waals surface area contributed by atoms with Gasteiger partial charge in [0.15, 0.2) is 5.17 Å². The molecule has 1 aromatic rings. The molecule has 1 saturated heterocycles. The number of nitrogen functional groups attached to an aromatic ring is 1. The highest BCUT2D eigenvalue weighted by Crippen LogP contribution is 2.34. The van der Waals surface area contributed by atoms with Crippen LogP contribution in [-0.4, -0.2) is 28.8 Å². The number of amides is 1. The Hall–Kier alpha value is -0.910. The van der Waals surface area contributed by atoms with Crippen molar-refractivity contribution in [1.82, 2.24) is 4.90 Å². The van der Waals surface area contributed by atoms with E-state index in [1.54, 1.807) is 19.2 Å². The largest absolute Gasteiger partial charge is 0.397 e. The first kappa shape index (κ1) is 12.5. The quantitative estimate of drug-likeness (QED) is 0.809. The van der Waals surface area contributed by atoms with Gasteiger partial charge in [-0.25, -0.2) is 4.99 Å². The third-order valence-corrected chi connectivity index (χ3v) is 3.91. The molecule has 0 unspecified atom stereocenters. The van der Waals surface area contributed by atoms with Crippen LogP contribution in [-0.2, 0) is 4.79 Å². The summed E-state index contributed by atoms with van der Waals surface area (Å²) in [5.74, 6) is 0.419. The maximum absolute atomic E-state index is 11.3. The van der Waals surface area contributed by atoms with Crippen LogP contribution < -0.4 is 5.73 Å². The summed E-state index contributed by atoms with van der Waals surface area (Å²) in [6.45, 7) is 0. The van der Waals surface area contributed by atoms with Gasteiger partial charge < -0.3 is 5.73 Å². The lowest BCUT2D eigenvalue weighted by molar-refractivity contribution is -0.123. The number of rotatable bonds is 1. The second kappa shape index (κ2) is 4.76. The molecule has 0 bridgehead atoms. The van der Waals surface area contributed by atoms with Gasteiger partial charge in [-0.2, -0.15) is 0 Å². The molecule has 1 aliphatic heterocycles. The summed E-state index contributed by atoms with van der Waals surface area (Å²) in [5.41, 5.74) is 6.60. The standard InChI is InChI=1S/C10H9Cl2N3OS/c1-15-9(16)4-17-10(15)14-8-3-7(13)5(11)2-6(8)12/h2-3H,4,13H2,1H3. The monoisotopic (exact) mass is 289 g/mol. The van der Waals surface area contributed by atoms with E-state index in [1.165, 1.54) is 16.7 Å². The fraction of sp³-hybridized carbons (Fsp3) is 0.200. The molecule has 1 aromatic carbocycles. The van der Waals surface area contributed by atoms with E-state index in [-0.39, 0.29) is 5.91 Å². The molecular weight excluding hydrogens is 281 g/mol. The summed E-state index contributed by atoms with van der Waals surface area (Å²) >= 11 is 13.2. The summed E-state index contributed by atoms with van der Waals surface area (Å²) in [4.78, 5) is 17.1. The smallest absolute Gasteiger partial charge is 0.238 e. The molecule has 90 valence electrons. The molecular formula is C10H9Cl2N3OS. The number of hydrogen-bond acceptors (Lipinski definition) is 4. The number of amidine groups is 1. The van der Waals surface area contributed by atoms with Crippen LogP contribution in [0.1, 0.15) is 0 Å². The predicted octanol–water partition coefficient (Wildman–Crippen LogP) is 2.77. The lowest BCUT2D eigenvalue weighted by atomic mass is 10.3. The molecule has 0 aliphatic carbocycles. The van der Waals surface area contributed by atoms with E-state index in [4.69, 9.17) is 28.9 Å². The normalized spacial score (nSPS) is 18.2. The van der Waals surface area contributed by atoms with Crippen LogP contribution in [0, 0.1) is 0 Å². The van der Waals surface area contributed by atoms with Gasteiger partial charge >= 0.3 is 0 Å². The van der Waals surface area contributed by atoms with Crippen LogP contribution in [0.15, 0.2) is 17.1 Å². The second-order valence-electron chi connectivity index (χ2n) is 3.46. The van der Waals surface area contributed by atoms with Gasteiger partial charge in [-0.3, -0.25) is 9.69 Å². The van der Waals surface area contributed by atoms with Crippen molar-refractivity contribution in [1.29, 1.82) is 0 Å². The van der Waals surface area contributed by atoms with Gasteiger partial charge in [0.1, 0.15) is 0 Å². The van der Waals surface area contributed by atoms with Crippen LogP contribution in [0.3, 0.4) is 0 Å². The third-order valence-electron chi connectivity index (χ3n) is 2.27. The molecule has 0 radical (unpaired) electrons. The molecule has 1 amide bonds. The molecule has 7 heteroatoms. The highest BCUT2D eigenvalue weighted by Gasteiger charge is 2.24. The Morgan fingerprint density at radius 3 is 2.71 bits per heavy atom. The van der Waals surface area contributed by atoms with Crippen molar-refractivity contribution in [2.75, 3.05) is 18.5 Å². The molecule has 1 aliphatic rings. The number of carbonyl (C=O) groups excluding carboxylic acids is 1. The van der Waals surface area contributed by atoms with Gasteiger partial charge in [-0.15, -0.1) is 0 Å². The molecule has 0 spiro atoms. The van der Waals surface area contributed by atoms with E-state index < -0.39 is 0 Å². The topological polar surface area (TPSA) is 58.7 Å². The van der Waals surface area contributed by atoms with E-state index in [0.29, 0.717) is 32.3 Å². The Bertz CT molecular complexity index is 519. The minimum absolute atomic E-state index is 0.0202. The van der Waals surface area contributed by atoms with Gasteiger partial charge in [0.25, 0.3) is 0 Å². The van der Waals surface area contributed by atoms with E-state index in [1.807, 2.05) is 0 Å². The van der Waals surface area contributed by atoms with Gasteiger partial charge in [-0.1, -0.05) is 35.0 Å². The summed E-state index contributed by atoms with van der Waals surface area (Å²) in [6.07, 6.45) is 0. The number of thioether (sulfide) groups is 1. The van der Waals surface area contributed by atoms with Crippen molar-refractivity contribution in [3.8, 4) is 0 Å². The van der Waals surface area contributed by atoms with E-state index in [9.17, 15) is 4.79 Å². The molecule has 2 N–H and O–H groups in total. The lowest BCUT2D eigenvalue weighted by Crippen LogP contribution is -2.24. The van der Waals surface area contributed by atoms with E-state index in [2.05, 4.69) is 4.99 Å². The number of carbonyl (C=O) groups is 1. The molecule has 0 atom stereocenters. The fourth-order valence-electron chi connectivity index (χ4n) is 1.28. The minimum Gasteiger partial charge on any atom is -0.397 e. The van der Waals surface area contributed by atoms with Crippen molar-refractivity contribution in [2.45, 2.75) is 0 Å². The summed E-state index contributed by atoms with van der Waals surface area (Å²) in [7, 11) is 1.67. The highest BCUT2D eigenvalue weighted by atomic mass is 35.5. The van der Waals surface area contributed by atoms with Crippen LogP contribution in [0.4, 0.5) is 11.4 Å². The predicted molar refractivity (Wildman–Crippen MR) is 73.2 cm³/mol. The van der Waals surface area contributed by atoms with Crippen molar-refractivity contribution in [3.05, 3.63) is 22.2 Å². The van der Waals surface area contributed by atoms with Gasteiger partial charge in [0.2, 0.25) is 5.91 Å². The SMILES string of the molecule is CN1C(=O)CSC1=Nc1cc(N)c(Cl)cc1Cl. The molecule has 17 heavy (non-hydrogen) atoms. The minimum atomic E-state index is 0.0202. The molecule has 2 rings (SSSR count). The van der Waals surface area contributed by atoms with Gasteiger partial charge in [0.05, 0.1) is 27.2 Å². The zero-order valence-electron chi connectivity index (χ0n) is 8.91. The Morgan fingerprint density at radius 1 is 1.41 bits per heavy atom. The zero-order chi connectivity index (χ0) is 12.6. The Morgan fingerprint density at radius 2 is 2.12 bits per heavy atom. The number of anilines is 1. The van der Waals surface area contributed by atoms with Crippen LogP contribution in [0.2, 0.25) is 10.0 Å². The fourth-order valence-corrected chi connectivity index (χ4v) is 2.61. The average molecular weight is 290 g/mol. The second-order valence-corrected chi connectivity index (χ2v) is 5.22. The molecule has 1 heterocycles. The molecule has 0 saturated carbocycles. The third kappa shape index (κ3) is 2.51. The van der Waals surface area contributed by atoms with Crippen molar-refractivity contribution in [2.24, 2.45) is 4.99 Å². The maximum atomic E-state index is 11.3. The Labute approximate surface area is 113 Å².